The second-order valence-corrected chi connectivity index (χ2v) is 8.04. The topological polar surface area (TPSA) is 75.2 Å². The molecule has 1 unspecified atom stereocenters. The van der Waals surface area contributed by atoms with Crippen LogP contribution < -0.4 is 0 Å². The summed E-state index contributed by atoms with van der Waals surface area (Å²) in [5.74, 6) is -1.48. The maximum absolute atomic E-state index is 12.3. The van der Waals surface area contributed by atoms with E-state index in [0.29, 0.717) is 13.0 Å². The lowest BCUT2D eigenvalue weighted by Gasteiger charge is -2.21. The number of fused-ring (bicyclic) bond motifs is 3. The van der Waals surface area contributed by atoms with Crippen LogP contribution in [-0.4, -0.2) is 34.8 Å². The fraction of sp³-hybridized carbons (Fsp3) is 0.417. The number of aliphatic carboxylic acids is 1. The number of benzene rings is 1. The van der Waals surface area contributed by atoms with Crippen molar-refractivity contribution in [2.75, 3.05) is 13.7 Å². The van der Waals surface area contributed by atoms with Crippen molar-refractivity contribution in [1.29, 1.82) is 0 Å². The van der Waals surface area contributed by atoms with Crippen LogP contribution in [0.1, 0.15) is 53.3 Å². The molecule has 0 bridgehead atoms. The Morgan fingerprint density at radius 3 is 2.62 bits per heavy atom. The van der Waals surface area contributed by atoms with E-state index in [1.807, 2.05) is 6.92 Å². The Hall–Kier alpha value is -2.66. The first-order chi connectivity index (χ1) is 14.0. The summed E-state index contributed by atoms with van der Waals surface area (Å²) in [7, 11) is 1.61. The summed E-state index contributed by atoms with van der Waals surface area (Å²) in [4.78, 5) is 20.6. The number of aryl methyl sites for hydroxylation is 4. The highest BCUT2D eigenvalue weighted by atomic mass is 16.5. The van der Waals surface area contributed by atoms with E-state index in [2.05, 4.69) is 36.2 Å². The first-order valence-electron chi connectivity index (χ1n) is 10.3. The molecule has 0 spiro atoms. The molecular formula is C24H28N2O3. The largest absolute Gasteiger partial charge is 0.481 e. The lowest BCUT2D eigenvalue weighted by atomic mass is 9.84. The average Bonchev–Trinajstić information content (AvgIpc) is 3.06. The molecule has 2 heterocycles. The molecule has 1 aliphatic carbocycles. The van der Waals surface area contributed by atoms with Gasteiger partial charge in [0.25, 0.3) is 0 Å². The number of aromatic nitrogens is 2. The zero-order valence-electron chi connectivity index (χ0n) is 17.3. The van der Waals surface area contributed by atoms with E-state index in [-0.39, 0.29) is 0 Å². The van der Waals surface area contributed by atoms with Crippen LogP contribution in [0.25, 0.3) is 22.2 Å². The lowest BCUT2D eigenvalue weighted by Crippen LogP contribution is -2.17. The third-order valence-electron chi connectivity index (χ3n) is 6.06. The third-order valence-corrected chi connectivity index (χ3v) is 6.06. The van der Waals surface area contributed by atoms with Gasteiger partial charge in [-0.1, -0.05) is 29.8 Å². The number of hydrogen-bond donors (Lipinski definition) is 2. The summed E-state index contributed by atoms with van der Waals surface area (Å²) >= 11 is 0. The molecule has 4 rings (SSSR count). The van der Waals surface area contributed by atoms with Gasteiger partial charge in [-0.25, -0.2) is 4.98 Å². The second-order valence-electron chi connectivity index (χ2n) is 8.04. The van der Waals surface area contributed by atoms with Gasteiger partial charge in [0.05, 0.1) is 5.92 Å². The van der Waals surface area contributed by atoms with Crippen molar-refractivity contribution in [1.82, 2.24) is 9.97 Å². The molecule has 0 radical (unpaired) electrons. The molecule has 152 valence electrons. The predicted molar refractivity (Wildman–Crippen MR) is 115 cm³/mol. The quantitative estimate of drug-likeness (QED) is 0.624. The molecule has 0 saturated heterocycles. The molecule has 3 aromatic rings. The van der Waals surface area contributed by atoms with Crippen molar-refractivity contribution in [2.24, 2.45) is 0 Å². The summed E-state index contributed by atoms with van der Waals surface area (Å²) in [6, 6.07) is 8.38. The third kappa shape index (κ3) is 3.55. The SMILES string of the molecule is COCCC(C(=O)O)c1c(C)nc2[nH]c3c(c2c1-c1ccc(C)cc1)CCCC3. The number of aromatic amines is 1. The number of ether oxygens (including phenoxy) is 1. The van der Waals surface area contributed by atoms with E-state index in [0.717, 1.165) is 52.7 Å². The van der Waals surface area contributed by atoms with E-state index in [1.165, 1.54) is 23.2 Å². The summed E-state index contributed by atoms with van der Waals surface area (Å²) in [6.45, 7) is 4.39. The molecule has 29 heavy (non-hydrogen) atoms. The molecule has 1 aliphatic rings. The summed E-state index contributed by atoms with van der Waals surface area (Å²) in [6.07, 6.45) is 4.79. The van der Waals surface area contributed by atoms with Crippen LogP contribution in [0.15, 0.2) is 24.3 Å². The molecule has 2 N–H and O–H groups in total. The molecule has 0 aliphatic heterocycles. The van der Waals surface area contributed by atoms with Gasteiger partial charge >= 0.3 is 5.97 Å². The molecule has 5 nitrogen and oxygen atoms in total. The van der Waals surface area contributed by atoms with Crippen LogP contribution in [0.5, 0.6) is 0 Å². The minimum atomic E-state index is -0.830. The van der Waals surface area contributed by atoms with Crippen molar-refractivity contribution >= 4 is 17.0 Å². The van der Waals surface area contributed by atoms with Crippen LogP contribution >= 0.6 is 0 Å². The fourth-order valence-corrected chi connectivity index (χ4v) is 4.64. The fourth-order valence-electron chi connectivity index (χ4n) is 4.64. The summed E-state index contributed by atoms with van der Waals surface area (Å²) in [5, 5.41) is 11.2. The highest BCUT2D eigenvalue weighted by Crippen LogP contribution is 2.42. The average molecular weight is 392 g/mol. The first kappa shape index (κ1) is 19.6. The second kappa shape index (κ2) is 7.99. The van der Waals surface area contributed by atoms with Gasteiger partial charge in [0.15, 0.2) is 0 Å². The Kier molecular flexibility index (Phi) is 5.41. The van der Waals surface area contributed by atoms with Gasteiger partial charge in [-0.05, 0) is 68.2 Å². The van der Waals surface area contributed by atoms with Crippen LogP contribution in [0.2, 0.25) is 0 Å². The number of carboxylic acid groups (broad SMARTS) is 1. The van der Waals surface area contributed by atoms with Crippen LogP contribution in [0, 0.1) is 13.8 Å². The zero-order valence-corrected chi connectivity index (χ0v) is 17.3. The maximum Gasteiger partial charge on any atom is 0.311 e. The van der Waals surface area contributed by atoms with Crippen LogP contribution in [-0.2, 0) is 22.4 Å². The zero-order chi connectivity index (χ0) is 20.5. The molecule has 0 amide bonds. The van der Waals surface area contributed by atoms with Gasteiger partial charge in [0.2, 0.25) is 0 Å². The number of hydrogen-bond acceptors (Lipinski definition) is 3. The molecule has 0 fully saturated rings. The number of pyridine rings is 1. The number of rotatable bonds is 6. The van der Waals surface area contributed by atoms with Crippen LogP contribution in [0.4, 0.5) is 0 Å². The summed E-state index contributed by atoms with van der Waals surface area (Å²) in [5.41, 5.74) is 8.30. The Morgan fingerprint density at radius 2 is 1.93 bits per heavy atom. The molecule has 2 aromatic heterocycles. The Bertz CT molecular complexity index is 1050. The number of methoxy groups -OCH3 is 1. The number of nitrogens with one attached hydrogen (secondary N) is 1. The summed E-state index contributed by atoms with van der Waals surface area (Å²) < 4.78 is 5.22. The van der Waals surface area contributed by atoms with Gasteiger partial charge in [0, 0.05) is 30.5 Å². The van der Waals surface area contributed by atoms with Gasteiger partial charge in [-0.3, -0.25) is 4.79 Å². The van der Waals surface area contributed by atoms with Crippen molar-refractivity contribution < 1.29 is 14.6 Å². The van der Waals surface area contributed by atoms with Gasteiger partial charge in [-0.2, -0.15) is 0 Å². The van der Waals surface area contributed by atoms with Crippen molar-refractivity contribution in [3.63, 3.8) is 0 Å². The number of H-pyrrole nitrogens is 1. The van der Waals surface area contributed by atoms with Crippen LogP contribution in [0.3, 0.4) is 0 Å². The predicted octanol–water partition coefficient (Wildman–Crippen LogP) is 4.93. The Balaban J connectivity index is 2.05. The number of nitrogens with zero attached hydrogens (tertiary/aromatic N) is 1. The number of carboxylic acids is 1. The van der Waals surface area contributed by atoms with E-state index in [1.54, 1.807) is 7.11 Å². The van der Waals surface area contributed by atoms with Gasteiger partial charge in [0.1, 0.15) is 5.65 Å². The number of carbonyl (C=O) groups is 1. The van der Waals surface area contributed by atoms with E-state index in [9.17, 15) is 9.90 Å². The Labute approximate surface area is 171 Å². The van der Waals surface area contributed by atoms with E-state index < -0.39 is 11.9 Å². The van der Waals surface area contributed by atoms with Gasteiger partial charge < -0.3 is 14.8 Å². The normalized spacial score (nSPS) is 14.7. The minimum Gasteiger partial charge on any atom is -0.481 e. The monoisotopic (exact) mass is 392 g/mol. The molecule has 1 atom stereocenters. The molecule has 0 saturated carbocycles. The first-order valence-corrected chi connectivity index (χ1v) is 10.3. The smallest absolute Gasteiger partial charge is 0.311 e. The van der Waals surface area contributed by atoms with Crippen molar-refractivity contribution in [3.8, 4) is 11.1 Å². The molecular weight excluding hydrogens is 364 g/mol. The van der Waals surface area contributed by atoms with Crippen molar-refractivity contribution in [3.05, 3.63) is 52.3 Å². The van der Waals surface area contributed by atoms with E-state index >= 15 is 0 Å². The Morgan fingerprint density at radius 1 is 1.21 bits per heavy atom. The molecule has 1 aromatic carbocycles. The van der Waals surface area contributed by atoms with E-state index in [4.69, 9.17) is 9.72 Å². The standard InChI is InChI=1S/C24H28N2O3/c1-14-8-10-16(11-9-14)21-20(18(24(27)28)12-13-29-3)15(2)25-23-22(21)17-6-4-5-7-19(17)26-23/h8-11,18H,4-7,12-13H2,1-3H3,(H,25,26)(H,27,28). The van der Waals surface area contributed by atoms with Gasteiger partial charge in [-0.15, -0.1) is 0 Å². The highest BCUT2D eigenvalue weighted by Gasteiger charge is 2.30. The van der Waals surface area contributed by atoms with Crippen molar-refractivity contribution in [2.45, 2.75) is 51.9 Å². The maximum atomic E-state index is 12.3. The lowest BCUT2D eigenvalue weighted by molar-refractivity contribution is -0.139. The minimum absolute atomic E-state index is 0.396. The molecule has 5 heteroatoms. The highest BCUT2D eigenvalue weighted by molar-refractivity contribution is 6.00.